The minimum absolute atomic E-state index is 0.0393. The van der Waals surface area contributed by atoms with E-state index >= 15 is 0 Å². The van der Waals surface area contributed by atoms with Crippen molar-refractivity contribution in [3.63, 3.8) is 0 Å². The van der Waals surface area contributed by atoms with Gasteiger partial charge in [-0.15, -0.1) is 6.58 Å². The Morgan fingerprint density at radius 1 is 1.21 bits per heavy atom. The Bertz CT molecular complexity index is 1400. The summed E-state index contributed by atoms with van der Waals surface area (Å²) < 4.78 is 63.4. The number of hydrogen-bond donors (Lipinski definition) is 2. The van der Waals surface area contributed by atoms with Gasteiger partial charge in [0.2, 0.25) is 15.9 Å². The Kier molecular flexibility index (Phi) is 6.70. The number of amides is 1. The summed E-state index contributed by atoms with van der Waals surface area (Å²) in [4.78, 5) is 29.0. The molecule has 0 aliphatic rings. The molecule has 2 aromatic carbocycles. The second-order valence-corrected chi connectivity index (χ2v) is 8.65. The van der Waals surface area contributed by atoms with Gasteiger partial charge in [0.05, 0.1) is 21.5 Å². The summed E-state index contributed by atoms with van der Waals surface area (Å²) in [5.41, 5.74) is -1.20. The van der Waals surface area contributed by atoms with Crippen LogP contribution in [0.3, 0.4) is 0 Å². The van der Waals surface area contributed by atoms with E-state index in [0.717, 1.165) is 12.1 Å². The van der Waals surface area contributed by atoms with E-state index in [0.29, 0.717) is 0 Å². The topological polar surface area (TPSA) is 124 Å². The van der Waals surface area contributed by atoms with Crippen LogP contribution < -0.4 is 16.0 Å². The quantitative estimate of drug-likeness (QED) is 0.503. The Balaban J connectivity index is 1.87. The van der Waals surface area contributed by atoms with Crippen molar-refractivity contribution < 1.29 is 26.4 Å². The number of primary sulfonamides is 1. The van der Waals surface area contributed by atoms with Crippen LogP contribution in [0.2, 0.25) is 0 Å². The molecule has 174 valence electrons. The predicted octanol–water partition coefficient (Wildman–Crippen LogP) is 2.82. The third-order valence-corrected chi connectivity index (χ3v) is 5.60. The molecule has 0 bridgehead atoms. The van der Waals surface area contributed by atoms with E-state index in [1.54, 1.807) is 0 Å². The number of carbonyl (C=O) groups is 1. The molecule has 1 aromatic heterocycles. The van der Waals surface area contributed by atoms with E-state index in [9.17, 15) is 31.2 Å². The number of nitrogens with zero attached hydrogens (tertiary/aromatic N) is 2. The van der Waals surface area contributed by atoms with Gasteiger partial charge in [-0.2, -0.15) is 13.2 Å². The molecule has 12 heteroatoms. The number of aromatic nitrogens is 2. The van der Waals surface area contributed by atoms with Crippen LogP contribution in [0.1, 0.15) is 17.7 Å². The predicted molar refractivity (Wildman–Crippen MR) is 116 cm³/mol. The molecule has 1 heterocycles. The van der Waals surface area contributed by atoms with Gasteiger partial charge < -0.3 is 9.88 Å². The molecule has 1 amide bonds. The van der Waals surface area contributed by atoms with E-state index < -0.39 is 33.2 Å². The third-order valence-electron chi connectivity index (χ3n) is 4.69. The summed E-state index contributed by atoms with van der Waals surface area (Å²) in [5.74, 6) is -0.554. The second-order valence-electron chi connectivity index (χ2n) is 7.09. The zero-order chi connectivity index (χ0) is 24.4. The molecule has 0 aliphatic heterocycles. The highest BCUT2D eigenvalue weighted by atomic mass is 32.2. The molecule has 3 aromatic rings. The van der Waals surface area contributed by atoms with Gasteiger partial charge in [-0.1, -0.05) is 12.1 Å². The van der Waals surface area contributed by atoms with Crippen LogP contribution in [0.4, 0.5) is 18.9 Å². The highest BCUT2D eigenvalue weighted by Crippen LogP contribution is 2.30. The molecule has 0 aliphatic carbocycles. The number of alkyl halides is 3. The van der Waals surface area contributed by atoms with Gasteiger partial charge in [0.25, 0.3) is 5.56 Å². The molecule has 33 heavy (non-hydrogen) atoms. The van der Waals surface area contributed by atoms with Crippen LogP contribution >= 0.6 is 0 Å². The molecule has 3 N–H and O–H groups in total. The highest BCUT2D eigenvalue weighted by molar-refractivity contribution is 7.89. The Hall–Kier alpha value is -3.51. The molecule has 0 unspecified atom stereocenters. The lowest BCUT2D eigenvalue weighted by Gasteiger charge is -2.13. The van der Waals surface area contributed by atoms with Gasteiger partial charge in [0.15, 0.2) is 0 Å². The summed E-state index contributed by atoms with van der Waals surface area (Å²) >= 11 is 0. The summed E-state index contributed by atoms with van der Waals surface area (Å²) in [7, 11) is -3.96. The van der Waals surface area contributed by atoms with Crippen molar-refractivity contribution in [3.05, 3.63) is 76.7 Å². The smallest absolute Gasteiger partial charge is 0.326 e. The first-order chi connectivity index (χ1) is 15.4. The number of nitrogens with two attached hydrogens (primary N) is 1. The summed E-state index contributed by atoms with van der Waals surface area (Å²) in [5, 5.41) is 7.56. The summed E-state index contributed by atoms with van der Waals surface area (Å²) in [6.45, 7) is 3.60. The highest BCUT2D eigenvalue weighted by Gasteiger charge is 2.31. The standard InChI is InChI=1S/C21H19F3N4O4S/c1-2-10-28-18-8-6-13(21(22,23)24)11-17(18)27-16(20(28)30)7-9-19(29)26-14-4-3-5-15(12-14)33(25,31)32/h2-6,8,11-12H,1,7,9-10H2,(H,26,29)(H2,25,31,32). The molecule has 0 radical (unpaired) electrons. The number of hydrogen-bond acceptors (Lipinski definition) is 5. The van der Waals surface area contributed by atoms with Gasteiger partial charge in [-0.3, -0.25) is 9.59 Å². The van der Waals surface area contributed by atoms with Crippen LogP contribution in [-0.4, -0.2) is 23.9 Å². The van der Waals surface area contributed by atoms with Gasteiger partial charge >= 0.3 is 6.18 Å². The van der Waals surface area contributed by atoms with Crippen LogP contribution in [0.25, 0.3) is 11.0 Å². The van der Waals surface area contributed by atoms with Gasteiger partial charge in [0.1, 0.15) is 5.69 Å². The Morgan fingerprint density at radius 2 is 1.94 bits per heavy atom. The SMILES string of the molecule is C=CCn1c(=O)c(CCC(=O)Nc2cccc(S(N)(=O)=O)c2)nc2cc(C(F)(F)F)ccc21. The molecule has 0 atom stereocenters. The zero-order valence-electron chi connectivity index (χ0n) is 17.1. The van der Waals surface area contributed by atoms with E-state index in [4.69, 9.17) is 5.14 Å². The minimum atomic E-state index is -4.58. The van der Waals surface area contributed by atoms with Crippen molar-refractivity contribution in [2.24, 2.45) is 5.14 Å². The first-order valence-corrected chi connectivity index (χ1v) is 11.1. The average Bonchev–Trinajstić information content (AvgIpc) is 2.73. The second kappa shape index (κ2) is 9.16. The Morgan fingerprint density at radius 3 is 2.58 bits per heavy atom. The van der Waals surface area contributed by atoms with Crippen molar-refractivity contribution in [1.29, 1.82) is 0 Å². The fourth-order valence-corrected chi connectivity index (χ4v) is 3.71. The van der Waals surface area contributed by atoms with E-state index in [2.05, 4.69) is 16.9 Å². The number of allylic oxidation sites excluding steroid dienone is 1. The normalized spacial score (nSPS) is 12.0. The van der Waals surface area contributed by atoms with Crippen molar-refractivity contribution in [1.82, 2.24) is 9.55 Å². The summed E-state index contributed by atoms with van der Waals surface area (Å²) in [6, 6.07) is 8.18. The number of fused-ring (bicyclic) bond motifs is 1. The number of carbonyl (C=O) groups excluding carboxylic acids is 1. The lowest BCUT2D eigenvalue weighted by atomic mass is 10.1. The third kappa shape index (κ3) is 5.65. The van der Waals surface area contributed by atoms with Crippen molar-refractivity contribution in [3.8, 4) is 0 Å². The van der Waals surface area contributed by atoms with Crippen molar-refractivity contribution in [2.75, 3.05) is 5.32 Å². The lowest BCUT2D eigenvalue weighted by molar-refractivity contribution is -0.137. The molecule has 0 saturated heterocycles. The fraction of sp³-hybridized carbons (Fsp3) is 0.190. The number of halogens is 3. The number of nitrogens with one attached hydrogen (secondary N) is 1. The fourth-order valence-electron chi connectivity index (χ4n) is 3.16. The first kappa shape index (κ1) is 24.1. The molecular weight excluding hydrogens is 461 g/mol. The maximum absolute atomic E-state index is 13.1. The minimum Gasteiger partial charge on any atom is -0.326 e. The average molecular weight is 480 g/mol. The van der Waals surface area contributed by atoms with Crippen molar-refractivity contribution >= 4 is 32.7 Å². The molecule has 3 rings (SSSR count). The van der Waals surface area contributed by atoms with Crippen molar-refractivity contribution in [2.45, 2.75) is 30.5 Å². The molecule has 0 fully saturated rings. The van der Waals surface area contributed by atoms with Crippen LogP contribution in [-0.2, 0) is 34.0 Å². The maximum Gasteiger partial charge on any atom is 0.416 e. The number of sulfonamides is 1. The van der Waals surface area contributed by atoms with Crippen LogP contribution in [0.5, 0.6) is 0 Å². The monoisotopic (exact) mass is 480 g/mol. The first-order valence-electron chi connectivity index (χ1n) is 9.54. The maximum atomic E-state index is 13.1. The lowest BCUT2D eigenvalue weighted by Crippen LogP contribution is -2.26. The van der Waals surface area contributed by atoms with Gasteiger partial charge in [0, 0.05) is 25.1 Å². The molecule has 8 nitrogen and oxygen atoms in total. The van der Waals surface area contributed by atoms with Crippen LogP contribution in [0, 0.1) is 0 Å². The number of aryl methyl sites for hydroxylation is 1. The number of anilines is 1. The summed E-state index contributed by atoms with van der Waals surface area (Å²) in [6.07, 6.45) is -3.53. The molecule has 0 saturated carbocycles. The molecule has 0 spiro atoms. The number of rotatable bonds is 7. The van der Waals surface area contributed by atoms with Gasteiger partial charge in [-0.25, -0.2) is 18.5 Å². The largest absolute Gasteiger partial charge is 0.416 e. The molecular formula is C21H19F3N4O4S. The Labute approximate surface area is 186 Å². The number of benzene rings is 2. The zero-order valence-corrected chi connectivity index (χ0v) is 17.9. The van der Waals surface area contributed by atoms with E-state index in [1.165, 1.54) is 41.0 Å². The van der Waals surface area contributed by atoms with Gasteiger partial charge in [-0.05, 0) is 36.4 Å². The van der Waals surface area contributed by atoms with Crippen LogP contribution in [0.15, 0.2) is 64.8 Å². The van der Waals surface area contributed by atoms with E-state index in [-0.39, 0.29) is 46.7 Å². The van der Waals surface area contributed by atoms with E-state index in [1.807, 2.05) is 0 Å².